The molecule has 0 fully saturated rings. The first-order valence-electron chi connectivity index (χ1n) is 7.03. The highest BCUT2D eigenvalue weighted by Crippen LogP contribution is 2.18. The van der Waals surface area contributed by atoms with E-state index < -0.39 is 0 Å². The second-order valence-corrected chi connectivity index (χ2v) is 4.93. The summed E-state index contributed by atoms with van der Waals surface area (Å²) in [5.41, 5.74) is 6.51. The molecular weight excluding hydrogens is 240 g/mol. The molecule has 2 N–H and O–H groups in total. The highest BCUT2D eigenvalue weighted by Gasteiger charge is 2.14. The van der Waals surface area contributed by atoms with Crippen LogP contribution in [0.4, 0.5) is 5.95 Å². The van der Waals surface area contributed by atoms with E-state index in [0.29, 0.717) is 25.1 Å². The maximum atomic E-state index is 5.61. The Labute approximate surface area is 116 Å². The van der Waals surface area contributed by atoms with Crippen LogP contribution in [0.5, 0.6) is 5.88 Å². The standard InChI is InChI=1S/C14H26N4O/c1-5-9-19-13-10-12(4)16-14(17-13)18(11(2)3)8-6-7-15/h10-11H,5-9,15H2,1-4H3. The van der Waals surface area contributed by atoms with E-state index in [2.05, 4.69) is 35.6 Å². The van der Waals surface area contributed by atoms with E-state index in [9.17, 15) is 0 Å². The highest BCUT2D eigenvalue weighted by atomic mass is 16.5. The van der Waals surface area contributed by atoms with Gasteiger partial charge in [-0.1, -0.05) is 6.92 Å². The second kappa shape index (κ2) is 7.94. The largest absolute Gasteiger partial charge is 0.478 e. The molecule has 19 heavy (non-hydrogen) atoms. The predicted octanol–water partition coefficient (Wildman–Crippen LogP) is 2.14. The minimum atomic E-state index is 0.340. The lowest BCUT2D eigenvalue weighted by Gasteiger charge is -2.27. The summed E-state index contributed by atoms with van der Waals surface area (Å²) in [5, 5.41) is 0. The molecule has 0 amide bonds. The zero-order chi connectivity index (χ0) is 14.3. The molecule has 1 heterocycles. The van der Waals surface area contributed by atoms with Crippen LogP contribution in [0, 0.1) is 6.92 Å². The van der Waals surface area contributed by atoms with Gasteiger partial charge in [0.05, 0.1) is 6.61 Å². The van der Waals surface area contributed by atoms with E-state index in [0.717, 1.165) is 31.0 Å². The van der Waals surface area contributed by atoms with E-state index in [1.165, 1.54) is 0 Å². The van der Waals surface area contributed by atoms with Crippen molar-refractivity contribution in [3.05, 3.63) is 11.8 Å². The molecule has 5 heteroatoms. The molecule has 0 spiro atoms. The lowest BCUT2D eigenvalue weighted by molar-refractivity contribution is 0.304. The van der Waals surface area contributed by atoms with Gasteiger partial charge in [0.1, 0.15) is 0 Å². The fourth-order valence-corrected chi connectivity index (χ4v) is 1.78. The summed E-state index contributed by atoms with van der Waals surface area (Å²) in [6, 6.07) is 2.22. The van der Waals surface area contributed by atoms with Crippen molar-refractivity contribution in [3.63, 3.8) is 0 Å². The van der Waals surface area contributed by atoms with E-state index >= 15 is 0 Å². The van der Waals surface area contributed by atoms with Gasteiger partial charge in [0, 0.05) is 24.3 Å². The summed E-state index contributed by atoms with van der Waals surface area (Å²) in [7, 11) is 0. The third-order valence-electron chi connectivity index (χ3n) is 2.76. The van der Waals surface area contributed by atoms with Crippen LogP contribution in [-0.2, 0) is 0 Å². The molecule has 0 saturated heterocycles. The average Bonchev–Trinajstić information content (AvgIpc) is 2.36. The molecule has 1 aromatic heterocycles. The van der Waals surface area contributed by atoms with Gasteiger partial charge < -0.3 is 15.4 Å². The molecule has 1 rings (SSSR count). The second-order valence-electron chi connectivity index (χ2n) is 4.93. The van der Waals surface area contributed by atoms with Crippen molar-refractivity contribution < 1.29 is 4.74 Å². The molecule has 0 aliphatic rings. The van der Waals surface area contributed by atoms with Gasteiger partial charge in [-0.15, -0.1) is 0 Å². The van der Waals surface area contributed by atoms with E-state index in [4.69, 9.17) is 10.5 Å². The van der Waals surface area contributed by atoms with Crippen LogP contribution >= 0.6 is 0 Å². The molecule has 0 aliphatic heterocycles. The summed E-state index contributed by atoms with van der Waals surface area (Å²) < 4.78 is 5.61. The maximum Gasteiger partial charge on any atom is 0.229 e. The van der Waals surface area contributed by atoms with Crippen molar-refractivity contribution in [2.24, 2.45) is 5.73 Å². The van der Waals surface area contributed by atoms with Crippen LogP contribution in [-0.4, -0.2) is 35.7 Å². The first-order chi connectivity index (χ1) is 9.08. The van der Waals surface area contributed by atoms with Gasteiger partial charge in [-0.3, -0.25) is 0 Å². The van der Waals surface area contributed by atoms with Crippen molar-refractivity contribution in [2.75, 3.05) is 24.6 Å². The Morgan fingerprint density at radius 3 is 2.68 bits per heavy atom. The van der Waals surface area contributed by atoms with Crippen LogP contribution in [0.3, 0.4) is 0 Å². The van der Waals surface area contributed by atoms with Gasteiger partial charge in [0.2, 0.25) is 11.8 Å². The number of rotatable bonds is 8. The van der Waals surface area contributed by atoms with E-state index in [-0.39, 0.29) is 0 Å². The molecule has 5 nitrogen and oxygen atoms in total. The van der Waals surface area contributed by atoms with Gasteiger partial charge in [-0.05, 0) is 40.2 Å². The SMILES string of the molecule is CCCOc1cc(C)nc(N(CCCN)C(C)C)n1. The summed E-state index contributed by atoms with van der Waals surface area (Å²) >= 11 is 0. The van der Waals surface area contributed by atoms with Crippen LogP contribution in [0.25, 0.3) is 0 Å². The van der Waals surface area contributed by atoms with Crippen molar-refractivity contribution in [1.82, 2.24) is 9.97 Å². The Balaban J connectivity index is 2.91. The Morgan fingerprint density at radius 1 is 1.37 bits per heavy atom. The molecule has 0 aromatic carbocycles. The van der Waals surface area contributed by atoms with Crippen LogP contribution < -0.4 is 15.4 Å². The lowest BCUT2D eigenvalue weighted by Crippen LogP contribution is -2.34. The third-order valence-corrected chi connectivity index (χ3v) is 2.76. The van der Waals surface area contributed by atoms with Crippen LogP contribution in [0.2, 0.25) is 0 Å². The van der Waals surface area contributed by atoms with Crippen molar-refractivity contribution >= 4 is 5.95 Å². The molecule has 0 saturated carbocycles. The fourth-order valence-electron chi connectivity index (χ4n) is 1.78. The number of aryl methyl sites for hydroxylation is 1. The number of hydrogen-bond donors (Lipinski definition) is 1. The number of ether oxygens (including phenoxy) is 1. The van der Waals surface area contributed by atoms with Crippen LogP contribution in [0.1, 0.15) is 39.3 Å². The Kier molecular flexibility index (Phi) is 6.56. The average molecular weight is 266 g/mol. The summed E-state index contributed by atoms with van der Waals surface area (Å²) in [6.07, 6.45) is 1.90. The topological polar surface area (TPSA) is 64.3 Å². The first kappa shape index (κ1) is 15.7. The van der Waals surface area contributed by atoms with Gasteiger partial charge >= 0.3 is 0 Å². The molecule has 1 aromatic rings. The molecule has 108 valence electrons. The van der Waals surface area contributed by atoms with Gasteiger partial charge in [0.25, 0.3) is 0 Å². The van der Waals surface area contributed by atoms with Crippen molar-refractivity contribution in [3.8, 4) is 5.88 Å². The number of hydrogen-bond acceptors (Lipinski definition) is 5. The summed E-state index contributed by atoms with van der Waals surface area (Å²) in [5.74, 6) is 1.39. The predicted molar refractivity (Wildman–Crippen MR) is 78.7 cm³/mol. The van der Waals surface area contributed by atoms with Gasteiger partial charge in [-0.2, -0.15) is 4.98 Å². The van der Waals surface area contributed by atoms with E-state index in [1.807, 2.05) is 13.0 Å². The Morgan fingerprint density at radius 2 is 2.11 bits per heavy atom. The van der Waals surface area contributed by atoms with Crippen molar-refractivity contribution in [2.45, 2.75) is 46.6 Å². The van der Waals surface area contributed by atoms with Crippen molar-refractivity contribution in [1.29, 1.82) is 0 Å². The number of aromatic nitrogens is 2. The molecule has 0 aliphatic carbocycles. The zero-order valence-corrected chi connectivity index (χ0v) is 12.5. The summed E-state index contributed by atoms with van der Waals surface area (Å²) in [4.78, 5) is 11.2. The highest BCUT2D eigenvalue weighted by molar-refractivity contribution is 5.35. The molecule has 0 atom stereocenters. The number of nitrogens with zero attached hydrogens (tertiary/aromatic N) is 3. The minimum Gasteiger partial charge on any atom is -0.478 e. The number of nitrogens with two attached hydrogens (primary N) is 1. The normalized spacial score (nSPS) is 10.8. The molecule has 0 radical (unpaired) electrons. The molecule has 0 unspecified atom stereocenters. The van der Waals surface area contributed by atoms with Gasteiger partial charge in [0.15, 0.2) is 0 Å². The first-order valence-corrected chi connectivity index (χ1v) is 7.03. The quantitative estimate of drug-likeness (QED) is 0.781. The third kappa shape index (κ3) is 5.03. The fraction of sp³-hybridized carbons (Fsp3) is 0.714. The Hall–Kier alpha value is -1.36. The van der Waals surface area contributed by atoms with Crippen LogP contribution in [0.15, 0.2) is 6.07 Å². The molecular formula is C14H26N4O. The minimum absolute atomic E-state index is 0.340. The Bertz CT molecular complexity index is 382. The van der Waals surface area contributed by atoms with E-state index in [1.54, 1.807) is 0 Å². The zero-order valence-electron chi connectivity index (χ0n) is 12.5. The number of anilines is 1. The smallest absolute Gasteiger partial charge is 0.229 e. The maximum absolute atomic E-state index is 5.61. The molecule has 0 bridgehead atoms. The van der Waals surface area contributed by atoms with Gasteiger partial charge in [-0.25, -0.2) is 4.98 Å². The summed E-state index contributed by atoms with van der Waals surface area (Å²) in [6.45, 7) is 10.5. The monoisotopic (exact) mass is 266 g/mol. The lowest BCUT2D eigenvalue weighted by atomic mass is 10.3.